The summed E-state index contributed by atoms with van der Waals surface area (Å²) in [6.45, 7) is 4.70. The van der Waals surface area contributed by atoms with Crippen LogP contribution in [0.2, 0.25) is 0 Å². The Bertz CT molecular complexity index is 643. The van der Waals surface area contributed by atoms with Crippen LogP contribution in [0.5, 0.6) is 0 Å². The molecule has 0 fully saturated rings. The monoisotopic (exact) mass is 424 g/mol. The lowest BCUT2D eigenvalue weighted by molar-refractivity contribution is 1.05. The van der Waals surface area contributed by atoms with E-state index < -0.39 is 0 Å². The van der Waals surface area contributed by atoms with Gasteiger partial charge in [-0.05, 0) is 54.8 Å². The number of hydrogen-bond acceptors (Lipinski definition) is 2. The number of nitrogens with one attached hydrogen (secondary N) is 1. The summed E-state index contributed by atoms with van der Waals surface area (Å²) in [5, 5.41) is 3.14. The summed E-state index contributed by atoms with van der Waals surface area (Å²) in [5.41, 5.74) is 11.7. The summed E-state index contributed by atoms with van der Waals surface area (Å²) in [4.78, 5) is 6.47. The molecule has 0 radical (unpaired) electrons. The summed E-state index contributed by atoms with van der Waals surface area (Å²) in [6, 6.07) is 14.6. The maximum absolute atomic E-state index is 5.96. The van der Waals surface area contributed by atoms with E-state index in [-0.39, 0.29) is 24.0 Å². The SMILES string of the molecule is Cc1cc(C)cc(NC(N)=NCc2ccc(N(C)C)cc2)c1.I. The van der Waals surface area contributed by atoms with Crippen LogP contribution in [0, 0.1) is 13.8 Å². The number of aryl methyl sites for hydroxylation is 2. The minimum atomic E-state index is 0. The molecule has 0 spiro atoms. The van der Waals surface area contributed by atoms with Crippen molar-refractivity contribution in [2.45, 2.75) is 20.4 Å². The zero-order valence-corrected chi connectivity index (χ0v) is 16.5. The van der Waals surface area contributed by atoms with E-state index in [9.17, 15) is 0 Å². The first-order valence-corrected chi connectivity index (χ1v) is 7.35. The molecule has 0 bridgehead atoms. The third kappa shape index (κ3) is 6.09. The number of guanidine groups is 1. The molecule has 5 heteroatoms. The minimum Gasteiger partial charge on any atom is -0.378 e. The first kappa shape index (κ1) is 19.3. The smallest absolute Gasteiger partial charge is 0.193 e. The van der Waals surface area contributed by atoms with Crippen LogP contribution in [-0.2, 0) is 6.54 Å². The fourth-order valence-corrected chi connectivity index (χ4v) is 2.31. The van der Waals surface area contributed by atoms with E-state index in [1.54, 1.807) is 0 Å². The van der Waals surface area contributed by atoms with Crippen molar-refractivity contribution in [1.29, 1.82) is 0 Å². The normalized spacial score (nSPS) is 10.9. The molecule has 0 amide bonds. The second-order valence-electron chi connectivity index (χ2n) is 5.76. The second-order valence-corrected chi connectivity index (χ2v) is 5.76. The van der Waals surface area contributed by atoms with Crippen molar-refractivity contribution in [2.75, 3.05) is 24.3 Å². The van der Waals surface area contributed by atoms with Crippen LogP contribution < -0.4 is 16.0 Å². The number of nitrogens with two attached hydrogens (primary N) is 1. The van der Waals surface area contributed by atoms with Crippen LogP contribution in [0.15, 0.2) is 47.5 Å². The Morgan fingerprint density at radius 2 is 1.61 bits per heavy atom. The van der Waals surface area contributed by atoms with Crippen molar-refractivity contribution in [3.8, 4) is 0 Å². The maximum atomic E-state index is 5.96. The van der Waals surface area contributed by atoms with Gasteiger partial charge in [-0.25, -0.2) is 4.99 Å². The van der Waals surface area contributed by atoms with Gasteiger partial charge in [-0.2, -0.15) is 0 Å². The Kier molecular flexibility index (Phi) is 7.35. The number of nitrogens with zero attached hydrogens (tertiary/aromatic N) is 2. The minimum absolute atomic E-state index is 0. The van der Waals surface area contributed by atoms with Crippen molar-refractivity contribution >= 4 is 41.3 Å². The fourth-order valence-electron chi connectivity index (χ4n) is 2.31. The largest absolute Gasteiger partial charge is 0.378 e. The number of benzene rings is 2. The van der Waals surface area contributed by atoms with Gasteiger partial charge in [0.25, 0.3) is 0 Å². The topological polar surface area (TPSA) is 53.6 Å². The fraction of sp³-hybridized carbons (Fsp3) is 0.278. The van der Waals surface area contributed by atoms with Gasteiger partial charge < -0.3 is 16.0 Å². The maximum Gasteiger partial charge on any atom is 0.193 e. The summed E-state index contributed by atoms with van der Waals surface area (Å²) in [5.74, 6) is 0.432. The molecule has 2 aromatic rings. The number of halogens is 1. The van der Waals surface area contributed by atoms with Crippen molar-refractivity contribution < 1.29 is 0 Å². The highest BCUT2D eigenvalue weighted by atomic mass is 127. The first-order chi connectivity index (χ1) is 10.4. The number of hydrogen-bond donors (Lipinski definition) is 2. The Labute approximate surface area is 155 Å². The van der Waals surface area contributed by atoms with E-state index in [0.29, 0.717) is 12.5 Å². The number of anilines is 2. The van der Waals surface area contributed by atoms with Crippen LogP contribution in [-0.4, -0.2) is 20.1 Å². The molecule has 0 unspecified atom stereocenters. The molecule has 0 aromatic heterocycles. The molecular formula is C18H25IN4. The van der Waals surface area contributed by atoms with Gasteiger partial charge in [0.1, 0.15) is 0 Å². The van der Waals surface area contributed by atoms with E-state index >= 15 is 0 Å². The van der Waals surface area contributed by atoms with E-state index in [4.69, 9.17) is 5.73 Å². The highest BCUT2D eigenvalue weighted by molar-refractivity contribution is 14.0. The van der Waals surface area contributed by atoms with Crippen LogP contribution in [0.1, 0.15) is 16.7 Å². The van der Waals surface area contributed by atoms with Gasteiger partial charge in [0.15, 0.2) is 5.96 Å². The van der Waals surface area contributed by atoms with E-state index in [1.165, 1.54) is 16.8 Å². The second kappa shape index (κ2) is 8.76. The van der Waals surface area contributed by atoms with Crippen LogP contribution >= 0.6 is 24.0 Å². The molecule has 0 aliphatic carbocycles. The van der Waals surface area contributed by atoms with Gasteiger partial charge in [0.2, 0.25) is 0 Å². The van der Waals surface area contributed by atoms with Gasteiger partial charge in [0.05, 0.1) is 6.54 Å². The lowest BCUT2D eigenvalue weighted by atomic mass is 10.1. The molecule has 0 heterocycles. The van der Waals surface area contributed by atoms with Gasteiger partial charge in [-0.15, -0.1) is 24.0 Å². The summed E-state index contributed by atoms with van der Waals surface area (Å²) < 4.78 is 0. The zero-order chi connectivity index (χ0) is 16.1. The Morgan fingerprint density at radius 1 is 1.04 bits per heavy atom. The molecule has 0 aliphatic rings. The van der Waals surface area contributed by atoms with Gasteiger partial charge in [-0.3, -0.25) is 0 Å². The molecule has 4 nitrogen and oxygen atoms in total. The Hall–Kier alpha value is -1.76. The lowest BCUT2D eigenvalue weighted by Gasteiger charge is -2.12. The van der Waals surface area contributed by atoms with Crippen molar-refractivity contribution in [2.24, 2.45) is 10.7 Å². The van der Waals surface area contributed by atoms with Crippen molar-refractivity contribution in [1.82, 2.24) is 0 Å². The van der Waals surface area contributed by atoms with Gasteiger partial charge in [0, 0.05) is 25.5 Å². The van der Waals surface area contributed by atoms with Crippen LogP contribution in [0.4, 0.5) is 11.4 Å². The predicted octanol–water partition coefficient (Wildman–Crippen LogP) is 3.91. The predicted molar refractivity (Wildman–Crippen MR) is 111 cm³/mol. The third-order valence-corrected chi connectivity index (χ3v) is 3.38. The molecule has 0 saturated carbocycles. The number of rotatable bonds is 4. The average molecular weight is 424 g/mol. The lowest BCUT2D eigenvalue weighted by Crippen LogP contribution is -2.22. The van der Waals surface area contributed by atoms with E-state index in [2.05, 4.69) is 71.5 Å². The van der Waals surface area contributed by atoms with E-state index in [1.807, 2.05) is 14.1 Å². The highest BCUT2D eigenvalue weighted by Gasteiger charge is 1.99. The molecule has 3 N–H and O–H groups in total. The standard InChI is InChI=1S/C18H24N4.HI/c1-13-9-14(2)11-16(10-13)21-18(19)20-12-15-5-7-17(8-6-15)22(3)4;/h5-11H,12H2,1-4H3,(H3,19,20,21);1H. The zero-order valence-electron chi connectivity index (χ0n) is 14.1. The van der Waals surface area contributed by atoms with E-state index in [0.717, 1.165) is 11.3 Å². The molecule has 23 heavy (non-hydrogen) atoms. The summed E-state index contributed by atoms with van der Waals surface area (Å²) in [6.07, 6.45) is 0. The summed E-state index contributed by atoms with van der Waals surface area (Å²) in [7, 11) is 4.05. The molecule has 0 aliphatic heterocycles. The highest BCUT2D eigenvalue weighted by Crippen LogP contribution is 2.14. The quantitative estimate of drug-likeness (QED) is 0.445. The van der Waals surface area contributed by atoms with Gasteiger partial charge in [-0.1, -0.05) is 18.2 Å². The molecule has 0 saturated heterocycles. The molecule has 0 atom stereocenters. The van der Waals surface area contributed by atoms with Crippen molar-refractivity contribution in [3.63, 3.8) is 0 Å². The molecular weight excluding hydrogens is 399 g/mol. The van der Waals surface area contributed by atoms with Crippen molar-refractivity contribution in [3.05, 3.63) is 59.2 Å². The Balaban J connectivity index is 0.00000264. The van der Waals surface area contributed by atoms with Crippen LogP contribution in [0.3, 0.4) is 0 Å². The third-order valence-electron chi connectivity index (χ3n) is 3.38. The summed E-state index contributed by atoms with van der Waals surface area (Å²) >= 11 is 0. The first-order valence-electron chi connectivity index (χ1n) is 7.35. The molecule has 124 valence electrons. The Morgan fingerprint density at radius 3 is 2.13 bits per heavy atom. The van der Waals surface area contributed by atoms with Gasteiger partial charge >= 0.3 is 0 Å². The molecule has 2 aromatic carbocycles. The number of aliphatic imine (C=N–C) groups is 1. The molecule has 2 rings (SSSR count). The van der Waals surface area contributed by atoms with Crippen LogP contribution in [0.25, 0.3) is 0 Å². The average Bonchev–Trinajstić information content (AvgIpc) is 2.44.